The first-order valence-corrected chi connectivity index (χ1v) is 10.3. The molecule has 1 unspecified atom stereocenters. The number of ether oxygens (including phenoxy) is 1. The molecule has 32 heavy (non-hydrogen) atoms. The number of hydrogen-bond acceptors (Lipinski definition) is 6. The first-order valence-electron chi connectivity index (χ1n) is 10.3. The lowest BCUT2D eigenvalue weighted by Gasteiger charge is -2.16. The number of aromatic nitrogens is 3. The van der Waals surface area contributed by atoms with Crippen molar-refractivity contribution >= 4 is 11.9 Å². The molecule has 1 N–H and O–H groups in total. The number of aryl methyl sites for hydroxylation is 1. The van der Waals surface area contributed by atoms with Crippen LogP contribution in [-0.2, 0) is 29.5 Å². The summed E-state index contributed by atoms with van der Waals surface area (Å²) in [5, 5.41) is 15.1. The minimum Gasteiger partial charge on any atom is -0.479 e. The molecule has 0 saturated carbocycles. The van der Waals surface area contributed by atoms with Gasteiger partial charge in [0.2, 0.25) is 0 Å². The Hall–Kier alpha value is -3.72. The Morgan fingerprint density at radius 3 is 2.69 bits per heavy atom. The molecule has 1 aromatic carbocycles. The third-order valence-electron chi connectivity index (χ3n) is 5.03. The SMILES string of the molecule is CC(C)OC(Cc1ccc2c(c1)CN(C(=O)c1cc(-c3ccccn3)nn1C)O2)C(=O)O. The number of carboxylic acids is 1. The van der Waals surface area contributed by atoms with Crippen LogP contribution in [0, 0.1) is 0 Å². The van der Waals surface area contributed by atoms with Gasteiger partial charge in [-0.25, -0.2) is 4.79 Å². The van der Waals surface area contributed by atoms with Crippen molar-refractivity contribution in [2.75, 3.05) is 0 Å². The molecule has 9 nitrogen and oxygen atoms in total. The van der Waals surface area contributed by atoms with Gasteiger partial charge < -0.3 is 14.7 Å². The molecule has 1 amide bonds. The van der Waals surface area contributed by atoms with Crippen LogP contribution in [0.15, 0.2) is 48.7 Å². The first kappa shape index (κ1) is 21.5. The standard InChI is InChI=1S/C23H24N4O5/c1-14(2)31-21(23(29)30)11-15-7-8-20-16(10-15)13-27(32-20)22(28)19-12-18(25-26(19)3)17-6-4-5-9-24-17/h4-10,12,14,21H,11,13H2,1-3H3,(H,29,30). The van der Waals surface area contributed by atoms with Crippen molar-refractivity contribution in [1.29, 1.82) is 0 Å². The van der Waals surface area contributed by atoms with Crippen molar-refractivity contribution in [2.24, 2.45) is 7.05 Å². The number of amides is 1. The van der Waals surface area contributed by atoms with Crippen molar-refractivity contribution in [1.82, 2.24) is 19.8 Å². The van der Waals surface area contributed by atoms with Gasteiger partial charge in [-0.05, 0) is 49.7 Å². The Bertz CT molecular complexity index is 1140. The number of fused-ring (bicyclic) bond motifs is 1. The Labute approximate surface area is 185 Å². The van der Waals surface area contributed by atoms with Gasteiger partial charge in [0.05, 0.1) is 18.3 Å². The van der Waals surface area contributed by atoms with Gasteiger partial charge in [0.25, 0.3) is 0 Å². The topological polar surface area (TPSA) is 107 Å². The highest BCUT2D eigenvalue weighted by molar-refractivity contribution is 5.93. The summed E-state index contributed by atoms with van der Waals surface area (Å²) in [5.41, 5.74) is 3.24. The van der Waals surface area contributed by atoms with Gasteiger partial charge in [0.15, 0.2) is 11.9 Å². The predicted octanol–water partition coefficient (Wildman–Crippen LogP) is 2.85. The summed E-state index contributed by atoms with van der Waals surface area (Å²) < 4.78 is 7.00. The highest BCUT2D eigenvalue weighted by Crippen LogP contribution is 2.31. The second-order valence-electron chi connectivity index (χ2n) is 7.84. The number of aliphatic carboxylic acids is 1. The van der Waals surface area contributed by atoms with E-state index in [1.54, 1.807) is 45.3 Å². The number of carbonyl (C=O) groups is 2. The molecule has 4 rings (SSSR count). The first-order chi connectivity index (χ1) is 15.3. The summed E-state index contributed by atoms with van der Waals surface area (Å²) >= 11 is 0. The molecule has 3 aromatic rings. The maximum absolute atomic E-state index is 13.1. The molecule has 1 aliphatic rings. The number of pyridine rings is 1. The zero-order valence-corrected chi connectivity index (χ0v) is 18.1. The van der Waals surface area contributed by atoms with Crippen LogP contribution in [0.4, 0.5) is 0 Å². The fraction of sp³-hybridized carbons (Fsp3) is 0.304. The molecule has 1 aliphatic heterocycles. The van der Waals surface area contributed by atoms with Crippen LogP contribution in [0.5, 0.6) is 5.75 Å². The summed E-state index contributed by atoms with van der Waals surface area (Å²) in [6, 6.07) is 12.6. The molecule has 0 aliphatic carbocycles. The molecule has 2 aromatic heterocycles. The van der Waals surface area contributed by atoms with Gasteiger partial charge in [-0.1, -0.05) is 12.1 Å². The van der Waals surface area contributed by atoms with Crippen LogP contribution in [0.2, 0.25) is 0 Å². The van der Waals surface area contributed by atoms with Crippen molar-refractivity contribution in [3.05, 3.63) is 65.5 Å². The fourth-order valence-electron chi connectivity index (χ4n) is 3.56. The van der Waals surface area contributed by atoms with Gasteiger partial charge in [-0.3, -0.25) is 14.5 Å². The number of hydroxylamine groups is 2. The van der Waals surface area contributed by atoms with E-state index in [2.05, 4.69) is 10.1 Å². The highest BCUT2D eigenvalue weighted by Gasteiger charge is 2.30. The van der Waals surface area contributed by atoms with E-state index in [9.17, 15) is 14.7 Å². The van der Waals surface area contributed by atoms with Crippen molar-refractivity contribution in [3.63, 3.8) is 0 Å². The van der Waals surface area contributed by atoms with E-state index < -0.39 is 12.1 Å². The smallest absolute Gasteiger partial charge is 0.333 e. The number of carboxylic acid groups (broad SMARTS) is 1. The number of benzene rings is 1. The van der Waals surface area contributed by atoms with Crippen molar-refractivity contribution in [3.8, 4) is 17.1 Å². The van der Waals surface area contributed by atoms with E-state index in [4.69, 9.17) is 9.57 Å². The number of rotatable bonds is 7. The Morgan fingerprint density at radius 1 is 1.19 bits per heavy atom. The van der Waals surface area contributed by atoms with E-state index in [0.29, 0.717) is 22.8 Å². The Balaban J connectivity index is 1.49. The second-order valence-corrected chi connectivity index (χ2v) is 7.84. The predicted molar refractivity (Wildman–Crippen MR) is 115 cm³/mol. The van der Waals surface area contributed by atoms with Crippen LogP contribution < -0.4 is 4.84 Å². The van der Waals surface area contributed by atoms with E-state index in [-0.39, 0.29) is 25.0 Å². The summed E-state index contributed by atoms with van der Waals surface area (Å²) in [7, 11) is 1.70. The van der Waals surface area contributed by atoms with Gasteiger partial charge in [0.1, 0.15) is 11.4 Å². The van der Waals surface area contributed by atoms with Gasteiger partial charge in [-0.15, -0.1) is 0 Å². The molecule has 0 spiro atoms. The summed E-state index contributed by atoms with van der Waals surface area (Å²) in [4.78, 5) is 34.6. The van der Waals surface area contributed by atoms with Crippen LogP contribution in [0.25, 0.3) is 11.4 Å². The van der Waals surface area contributed by atoms with Crippen LogP contribution in [0.3, 0.4) is 0 Å². The monoisotopic (exact) mass is 436 g/mol. The number of nitrogens with zero attached hydrogens (tertiary/aromatic N) is 4. The minimum atomic E-state index is -1.01. The second kappa shape index (κ2) is 8.80. The molecular formula is C23H24N4O5. The Kier molecular flexibility index (Phi) is 5.91. The molecule has 0 saturated heterocycles. The zero-order chi connectivity index (χ0) is 22.8. The maximum Gasteiger partial charge on any atom is 0.333 e. The molecule has 0 fully saturated rings. The average molecular weight is 436 g/mol. The van der Waals surface area contributed by atoms with Gasteiger partial charge >= 0.3 is 11.9 Å². The van der Waals surface area contributed by atoms with Crippen LogP contribution >= 0.6 is 0 Å². The fourth-order valence-corrected chi connectivity index (χ4v) is 3.56. The number of carbonyl (C=O) groups excluding carboxylic acids is 1. The molecule has 9 heteroatoms. The van der Waals surface area contributed by atoms with Crippen LogP contribution in [-0.4, -0.2) is 49.0 Å². The largest absolute Gasteiger partial charge is 0.479 e. The van der Waals surface area contributed by atoms with E-state index in [0.717, 1.165) is 11.1 Å². The van der Waals surface area contributed by atoms with Crippen molar-refractivity contribution in [2.45, 2.75) is 39.0 Å². The summed E-state index contributed by atoms with van der Waals surface area (Å²) in [6.07, 6.45) is 0.762. The molecular weight excluding hydrogens is 412 g/mol. The van der Waals surface area contributed by atoms with Gasteiger partial charge in [-0.2, -0.15) is 10.2 Å². The lowest BCUT2D eigenvalue weighted by Crippen LogP contribution is -2.30. The lowest BCUT2D eigenvalue weighted by molar-refractivity contribution is -0.153. The molecule has 0 bridgehead atoms. The maximum atomic E-state index is 13.1. The normalized spacial score (nSPS) is 13.7. The average Bonchev–Trinajstić information content (AvgIpc) is 3.36. The lowest BCUT2D eigenvalue weighted by atomic mass is 10.0. The third kappa shape index (κ3) is 4.47. The van der Waals surface area contributed by atoms with Crippen molar-refractivity contribution < 1.29 is 24.3 Å². The minimum absolute atomic E-state index is 0.197. The molecule has 1 atom stereocenters. The van der Waals surface area contributed by atoms with E-state index in [1.807, 2.05) is 24.3 Å². The Morgan fingerprint density at radius 2 is 2.00 bits per heavy atom. The third-order valence-corrected chi connectivity index (χ3v) is 5.03. The van der Waals surface area contributed by atoms with E-state index >= 15 is 0 Å². The molecule has 0 radical (unpaired) electrons. The summed E-state index contributed by atoms with van der Waals surface area (Å²) in [6.45, 7) is 3.84. The molecule has 166 valence electrons. The highest BCUT2D eigenvalue weighted by atomic mass is 16.7. The zero-order valence-electron chi connectivity index (χ0n) is 18.1. The summed E-state index contributed by atoms with van der Waals surface area (Å²) in [5.74, 6) is -0.774. The number of hydrogen-bond donors (Lipinski definition) is 1. The van der Waals surface area contributed by atoms with Gasteiger partial charge in [0, 0.05) is 25.2 Å². The van der Waals surface area contributed by atoms with E-state index in [1.165, 1.54) is 9.75 Å². The molecule has 3 heterocycles. The van der Waals surface area contributed by atoms with Crippen LogP contribution in [0.1, 0.15) is 35.5 Å². The quantitative estimate of drug-likeness (QED) is 0.607.